The number of amides is 2. The molecule has 1 aromatic heterocycles. The molecule has 6 nitrogen and oxygen atoms in total. The van der Waals surface area contributed by atoms with Gasteiger partial charge in [-0.05, 0) is 55.6 Å². The Balaban J connectivity index is 1.49. The first-order valence-electron chi connectivity index (χ1n) is 8.49. The monoisotopic (exact) mass is 338 g/mol. The summed E-state index contributed by atoms with van der Waals surface area (Å²) in [6.07, 6.45) is 4.20. The summed E-state index contributed by atoms with van der Waals surface area (Å²) in [5, 5.41) is 8.78. The van der Waals surface area contributed by atoms with Crippen molar-refractivity contribution in [2.45, 2.75) is 19.4 Å². The lowest BCUT2D eigenvalue weighted by Crippen LogP contribution is -2.29. The van der Waals surface area contributed by atoms with E-state index in [1.165, 1.54) is 12.8 Å². The molecule has 2 aromatic rings. The van der Waals surface area contributed by atoms with Crippen molar-refractivity contribution in [2.75, 3.05) is 18.4 Å². The van der Waals surface area contributed by atoms with Gasteiger partial charge in [0.2, 0.25) is 5.91 Å². The predicted molar refractivity (Wildman–Crippen MR) is 96.1 cm³/mol. The maximum Gasteiger partial charge on any atom is 0.251 e. The van der Waals surface area contributed by atoms with Crippen molar-refractivity contribution >= 4 is 17.5 Å². The summed E-state index contributed by atoms with van der Waals surface area (Å²) >= 11 is 0. The molecule has 3 N–H and O–H groups in total. The maximum absolute atomic E-state index is 12.2. The minimum absolute atomic E-state index is 0.105. The van der Waals surface area contributed by atoms with Crippen LogP contribution >= 0.6 is 0 Å². The van der Waals surface area contributed by atoms with Crippen LogP contribution in [0.3, 0.4) is 0 Å². The van der Waals surface area contributed by atoms with Crippen molar-refractivity contribution in [1.82, 2.24) is 15.6 Å². The highest BCUT2D eigenvalue weighted by atomic mass is 16.2. The number of pyridine rings is 1. The minimum atomic E-state index is -0.200. The van der Waals surface area contributed by atoms with Gasteiger partial charge in [-0.3, -0.25) is 14.6 Å². The molecule has 1 aromatic carbocycles. The van der Waals surface area contributed by atoms with Crippen molar-refractivity contribution in [3.05, 3.63) is 59.9 Å². The molecule has 1 fully saturated rings. The smallest absolute Gasteiger partial charge is 0.251 e. The summed E-state index contributed by atoms with van der Waals surface area (Å²) in [6, 6.07) is 12.5. The molecule has 0 saturated heterocycles. The Morgan fingerprint density at radius 1 is 1.12 bits per heavy atom. The number of hydrogen-bond acceptors (Lipinski definition) is 4. The number of nitrogens with zero attached hydrogens (tertiary/aromatic N) is 1. The Morgan fingerprint density at radius 2 is 2.00 bits per heavy atom. The SMILES string of the molecule is O=C(CNCC1CC1)Nc1cccc(C(=O)NCc2ccccn2)c1. The Labute approximate surface area is 147 Å². The van der Waals surface area contributed by atoms with Gasteiger partial charge in [0.1, 0.15) is 0 Å². The summed E-state index contributed by atoms with van der Waals surface area (Å²) < 4.78 is 0. The summed E-state index contributed by atoms with van der Waals surface area (Å²) in [7, 11) is 0. The molecule has 0 spiro atoms. The highest BCUT2D eigenvalue weighted by molar-refractivity contribution is 5.97. The molecule has 3 rings (SSSR count). The molecule has 25 heavy (non-hydrogen) atoms. The molecule has 0 bridgehead atoms. The zero-order chi connectivity index (χ0) is 17.5. The van der Waals surface area contributed by atoms with E-state index in [1.807, 2.05) is 18.2 Å². The average molecular weight is 338 g/mol. The number of anilines is 1. The number of rotatable bonds is 8. The molecule has 2 amide bonds. The van der Waals surface area contributed by atoms with E-state index in [0.29, 0.717) is 17.8 Å². The van der Waals surface area contributed by atoms with E-state index in [2.05, 4.69) is 20.9 Å². The lowest BCUT2D eigenvalue weighted by atomic mass is 10.2. The van der Waals surface area contributed by atoms with Gasteiger partial charge in [0, 0.05) is 17.4 Å². The van der Waals surface area contributed by atoms with Crippen LogP contribution in [0.4, 0.5) is 5.69 Å². The second-order valence-corrected chi connectivity index (χ2v) is 6.21. The Hall–Kier alpha value is -2.73. The van der Waals surface area contributed by atoms with Crippen molar-refractivity contribution < 1.29 is 9.59 Å². The highest BCUT2D eigenvalue weighted by Crippen LogP contribution is 2.27. The molecule has 6 heteroatoms. The van der Waals surface area contributed by atoms with E-state index in [1.54, 1.807) is 30.5 Å². The van der Waals surface area contributed by atoms with Crippen LogP contribution in [0.25, 0.3) is 0 Å². The van der Waals surface area contributed by atoms with Crippen molar-refractivity contribution in [1.29, 1.82) is 0 Å². The standard InChI is InChI=1S/C19H22N4O2/c24-18(13-20-11-14-7-8-14)23-16-6-3-4-15(10-16)19(25)22-12-17-5-1-2-9-21-17/h1-6,9-10,14,20H,7-8,11-13H2,(H,22,25)(H,23,24). The van der Waals surface area contributed by atoms with Gasteiger partial charge < -0.3 is 16.0 Å². The molecule has 0 atom stereocenters. The van der Waals surface area contributed by atoms with E-state index >= 15 is 0 Å². The van der Waals surface area contributed by atoms with Gasteiger partial charge >= 0.3 is 0 Å². The zero-order valence-corrected chi connectivity index (χ0v) is 14.0. The predicted octanol–water partition coefficient (Wildman–Crippen LogP) is 1.95. The Bertz CT molecular complexity index is 729. The van der Waals surface area contributed by atoms with Gasteiger partial charge in [-0.25, -0.2) is 0 Å². The molecular weight excluding hydrogens is 316 g/mol. The third kappa shape index (κ3) is 5.69. The van der Waals surface area contributed by atoms with Crippen molar-refractivity contribution in [2.24, 2.45) is 5.92 Å². The largest absolute Gasteiger partial charge is 0.346 e. The third-order valence-corrected chi connectivity index (χ3v) is 3.98. The van der Waals surface area contributed by atoms with E-state index in [4.69, 9.17) is 0 Å². The molecule has 0 unspecified atom stereocenters. The van der Waals surface area contributed by atoms with Gasteiger partial charge in [-0.1, -0.05) is 12.1 Å². The summed E-state index contributed by atoms with van der Waals surface area (Å²) in [5.41, 5.74) is 1.91. The number of benzene rings is 1. The molecule has 0 aliphatic heterocycles. The number of carbonyl (C=O) groups is 2. The van der Waals surface area contributed by atoms with Crippen molar-refractivity contribution in [3.8, 4) is 0 Å². The molecule has 1 aliphatic rings. The zero-order valence-electron chi connectivity index (χ0n) is 14.0. The van der Waals surface area contributed by atoms with Gasteiger partial charge in [-0.15, -0.1) is 0 Å². The molecule has 0 radical (unpaired) electrons. The van der Waals surface area contributed by atoms with E-state index in [9.17, 15) is 9.59 Å². The first kappa shape index (κ1) is 17.1. The minimum Gasteiger partial charge on any atom is -0.346 e. The number of nitrogens with one attached hydrogen (secondary N) is 3. The second-order valence-electron chi connectivity index (χ2n) is 6.21. The van der Waals surface area contributed by atoms with Crippen LogP contribution in [0.5, 0.6) is 0 Å². The Morgan fingerprint density at radius 3 is 2.76 bits per heavy atom. The fourth-order valence-electron chi connectivity index (χ4n) is 2.43. The quantitative estimate of drug-likeness (QED) is 0.687. The van der Waals surface area contributed by atoms with E-state index < -0.39 is 0 Å². The first-order valence-corrected chi connectivity index (χ1v) is 8.49. The molecular formula is C19H22N4O2. The van der Waals surface area contributed by atoms with Crippen molar-refractivity contribution in [3.63, 3.8) is 0 Å². The summed E-state index contributed by atoms with van der Waals surface area (Å²) in [6.45, 7) is 1.54. The Kier molecular flexibility index (Phi) is 5.74. The lowest BCUT2D eigenvalue weighted by Gasteiger charge is -2.09. The van der Waals surface area contributed by atoms with Crippen LogP contribution in [0.1, 0.15) is 28.9 Å². The fraction of sp³-hybridized carbons (Fsp3) is 0.316. The van der Waals surface area contributed by atoms with Crippen LogP contribution < -0.4 is 16.0 Å². The van der Waals surface area contributed by atoms with Gasteiger partial charge in [0.25, 0.3) is 5.91 Å². The van der Waals surface area contributed by atoms with Crippen LogP contribution in [0.2, 0.25) is 0 Å². The third-order valence-electron chi connectivity index (χ3n) is 3.98. The number of aromatic nitrogens is 1. The topological polar surface area (TPSA) is 83.1 Å². The van der Waals surface area contributed by atoms with Gasteiger partial charge in [0.05, 0.1) is 18.8 Å². The normalized spacial score (nSPS) is 13.3. The first-order chi connectivity index (χ1) is 12.2. The fourth-order valence-corrected chi connectivity index (χ4v) is 2.43. The maximum atomic E-state index is 12.2. The molecule has 130 valence electrons. The second kappa shape index (κ2) is 8.39. The lowest BCUT2D eigenvalue weighted by molar-refractivity contribution is -0.115. The van der Waals surface area contributed by atoms with Crippen LogP contribution in [0, 0.1) is 5.92 Å². The summed E-state index contributed by atoms with van der Waals surface area (Å²) in [5.74, 6) is 0.430. The number of hydrogen-bond donors (Lipinski definition) is 3. The highest BCUT2D eigenvalue weighted by Gasteiger charge is 2.20. The van der Waals surface area contributed by atoms with E-state index in [0.717, 1.165) is 18.2 Å². The molecule has 1 heterocycles. The molecule has 1 saturated carbocycles. The van der Waals surface area contributed by atoms with Crippen LogP contribution in [-0.4, -0.2) is 29.9 Å². The van der Waals surface area contributed by atoms with E-state index in [-0.39, 0.29) is 18.4 Å². The van der Waals surface area contributed by atoms with Gasteiger partial charge in [0.15, 0.2) is 0 Å². The van der Waals surface area contributed by atoms with Gasteiger partial charge in [-0.2, -0.15) is 0 Å². The molecule has 1 aliphatic carbocycles. The van der Waals surface area contributed by atoms with Crippen LogP contribution in [0.15, 0.2) is 48.7 Å². The van der Waals surface area contributed by atoms with Crippen LogP contribution in [-0.2, 0) is 11.3 Å². The summed E-state index contributed by atoms with van der Waals surface area (Å²) in [4.78, 5) is 28.3. The number of carbonyl (C=O) groups excluding carboxylic acids is 2. The average Bonchev–Trinajstić information content (AvgIpc) is 3.45.